The molecule has 3 fully saturated rings. The Morgan fingerprint density at radius 2 is 1.69 bits per heavy atom. The molecule has 6 rings (SSSR count). The van der Waals surface area contributed by atoms with E-state index in [0.29, 0.717) is 17.0 Å². The lowest BCUT2D eigenvalue weighted by molar-refractivity contribution is 0.129. The zero-order chi connectivity index (χ0) is 24.3. The molecule has 1 unspecified atom stereocenters. The van der Waals surface area contributed by atoms with Crippen molar-refractivity contribution in [2.75, 3.05) is 57.7 Å². The quantitative estimate of drug-likeness (QED) is 0.438. The Bertz CT molecular complexity index is 1150. The fraction of sp³-hybridized carbons (Fsp3) is 0.571. The molecule has 1 atom stereocenters. The van der Waals surface area contributed by atoms with E-state index in [1.807, 2.05) is 18.3 Å². The van der Waals surface area contributed by atoms with Gasteiger partial charge in [0.1, 0.15) is 0 Å². The first-order valence-electron chi connectivity index (χ1n) is 13.7. The normalized spacial score (nSPS) is 23.0. The maximum atomic E-state index is 6.52. The number of hydrogen-bond acceptors (Lipinski definition) is 6. The van der Waals surface area contributed by atoms with Crippen molar-refractivity contribution in [1.82, 2.24) is 30.1 Å². The van der Waals surface area contributed by atoms with Gasteiger partial charge >= 0.3 is 0 Å². The van der Waals surface area contributed by atoms with Crippen LogP contribution in [0.2, 0.25) is 5.02 Å². The number of H-pyrrole nitrogens is 1. The molecule has 7 nitrogen and oxygen atoms in total. The maximum absolute atomic E-state index is 6.52. The van der Waals surface area contributed by atoms with Crippen LogP contribution in [-0.4, -0.2) is 83.2 Å². The second-order valence-electron chi connectivity index (χ2n) is 11.0. The van der Waals surface area contributed by atoms with Gasteiger partial charge in [-0.25, -0.2) is 9.97 Å². The Balaban J connectivity index is 1.01. The van der Waals surface area contributed by atoms with Crippen LogP contribution in [0.4, 0.5) is 5.95 Å². The number of halogens is 1. The van der Waals surface area contributed by atoms with Crippen LogP contribution in [0, 0.1) is 11.8 Å². The number of piperidine rings is 2. The number of nitrogens with one attached hydrogen (secondary N) is 3. The van der Waals surface area contributed by atoms with Gasteiger partial charge in [0.15, 0.2) is 0 Å². The van der Waals surface area contributed by atoms with E-state index in [-0.39, 0.29) is 0 Å². The molecule has 8 heteroatoms. The summed E-state index contributed by atoms with van der Waals surface area (Å²) in [4.78, 5) is 18.0. The van der Waals surface area contributed by atoms with Crippen LogP contribution in [0.15, 0.2) is 36.7 Å². The highest BCUT2D eigenvalue weighted by atomic mass is 35.5. The molecule has 3 aliphatic rings. The third-order valence-corrected chi connectivity index (χ3v) is 8.67. The second-order valence-corrected chi connectivity index (χ2v) is 11.4. The topological polar surface area (TPSA) is 72.1 Å². The number of anilines is 1. The molecule has 0 bridgehead atoms. The van der Waals surface area contributed by atoms with Crippen LogP contribution >= 0.6 is 11.6 Å². The molecule has 0 radical (unpaired) electrons. The summed E-state index contributed by atoms with van der Waals surface area (Å²) in [5, 5.41) is 8.78. The fourth-order valence-electron chi connectivity index (χ4n) is 6.34. The highest BCUT2D eigenvalue weighted by Gasteiger charge is 2.28. The number of nitrogens with zero attached hydrogens (tertiary/aromatic N) is 4. The molecule has 0 spiro atoms. The van der Waals surface area contributed by atoms with Gasteiger partial charge < -0.3 is 25.4 Å². The van der Waals surface area contributed by atoms with Crippen LogP contribution < -0.4 is 10.6 Å². The first-order chi connectivity index (χ1) is 17.7. The number of benzene rings is 1. The van der Waals surface area contributed by atoms with Crippen molar-refractivity contribution in [3.8, 4) is 11.3 Å². The van der Waals surface area contributed by atoms with E-state index in [4.69, 9.17) is 16.6 Å². The van der Waals surface area contributed by atoms with Crippen molar-refractivity contribution >= 4 is 28.5 Å². The monoisotopic (exact) mass is 507 g/mol. The molecular formula is C28H38ClN7. The highest BCUT2D eigenvalue weighted by molar-refractivity contribution is 6.33. The molecule has 3 aliphatic heterocycles. The van der Waals surface area contributed by atoms with Crippen LogP contribution in [0.1, 0.15) is 32.1 Å². The summed E-state index contributed by atoms with van der Waals surface area (Å²) in [5.41, 5.74) is 2.87. The Kier molecular flexibility index (Phi) is 7.42. The van der Waals surface area contributed by atoms with Crippen molar-refractivity contribution < 1.29 is 0 Å². The van der Waals surface area contributed by atoms with E-state index in [1.165, 1.54) is 65.0 Å². The molecule has 36 heavy (non-hydrogen) atoms. The Labute approximate surface area is 219 Å². The van der Waals surface area contributed by atoms with Gasteiger partial charge in [0.05, 0.1) is 16.9 Å². The number of rotatable bonds is 7. The van der Waals surface area contributed by atoms with Crippen LogP contribution in [0.5, 0.6) is 0 Å². The Morgan fingerprint density at radius 1 is 0.944 bits per heavy atom. The minimum absolute atomic E-state index is 0.377. The largest absolute Gasteiger partial charge is 0.360 e. The number of aromatic amines is 1. The average Bonchev–Trinajstić information content (AvgIpc) is 3.54. The molecule has 1 aromatic carbocycles. The number of likely N-dealkylation sites (tertiary alicyclic amines) is 2. The lowest BCUT2D eigenvalue weighted by Gasteiger charge is -2.36. The van der Waals surface area contributed by atoms with Crippen LogP contribution in [0.25, 0.3) is 22.2 Å². The Morgan fingerprint density at radius 3 is 2.56 bits per heavy atom. The van der Waals surface area contributed by atoms with E-state index in [2.05, 4.69) is 42.5 Å². The smallest absolute Gasteiger partial charge is 0.223 e. The fourth-order valence-corrected chi connectivity index (χ4v) is 6.53. The Hall–Kier alpha value is -2.19. The molecule has 3 N–H and O–H groups in total. The van der Waals surface area contributed by atoms with Crippen molar-refractivity contribution in [3.05, 3.63) is 41.7 Å². The number of para-hydroxylation sites is 1. The minimum atomic E-state index is 0.377. The molecule has 0 amide bonds. The van der Waals surface area contributed by atoms with Crippen molar-refractivity contribution in [1.29, 1.82) is 0 Å². The summed E-state index contributed by atoms with van der Waals surface area (Å²) in [6, 6.07) is 8.61. The van der Waals surface area contributed by atoms with Gasteiger partial charge in [-0.2, -0.15) is 0 Å². The molecule has 0 saturated carbocycles. The van der Waals surface area contributed by atoms with Crippen molar-refractivity contribution in [2.24, 2.45) is 11.8 Å². The highest BCUT2D eigenvalue weighted by Crippen LogP contribution is 2.32. The van der Waals surface area contributed by atoms with Gasteiger partial charge in [-0.15, -0.1) is 0 Å². The molecule has 2 aromatic heterocycles. The third-order valence-electron chi connectivity index (χ3n) is 8.39. The SMILES string of the molecule is Clc1cnc(NC2CCN(CC3CCN(CC4CCNCC4)CC3)C2)nc1-c1c[nH]c2ccccc12. The van der Waals surface area contributed by atoms with E-state index in [1.54, 1.807) is 6.20 Å². The second kappa shape index (κ2) is 11.1. The van der Waals surface area contributed by atoms with Gasteiger partial charge in [0.25, 0.3) is 0 Å². The number of fused-ring (bicyclic) bond motifs is 1. The van der Waals surface area contributed by atoms with Crippen molar-refractivity contribution in [3.63, 3.8) is 0 Å². The summed E-state index contributed by atoms with van der Waals surface area (Å²) >= 11 is 6.52. The summed E-state index contributed by atoms with van der Waals surface area (Å²) < 4.78 is 0. The van der Waals surface area contributed by atoms with E-state index < -0.39 is 0 Å². The lowest BCUT2D eigenvalue weighted by Crippen LogP contribution is -2.42. The van der Waals surface area contributed by atoms with Crippen LogP contribution in [0.3, 0.4) is 0 Å². The van der Waals surface area contributed by atoms with E-state index >= 15 is 0 Å². The minimum Gasteiger partial charge on any atom is -0.360 e. The molecule has 0 aliphatic carbocycles. The lowest BCUT2D eigenvalue weighted by atomic mass is 9.93. The molecule has 5 heterocycles. The third kappa shape index (κ3) is 5.54. The summed E-state index contributed by atoms with van der Waals surface area (Å²) in [7, 11) is 0. The predicted molar refractivity (Wildman–Crippen MR) is 148 cm³/mol. The summed E-state index contributed by atoms with van der Waals surface area (Å²) in [6.45, 7) is 9.71. The summed E-state index contributed by atoms with van der Waals surface area (Å²) in [6.07, 6.45) is 10.2. The molecule has 3 aromatic rings. The van der Waals surface area contributed by atoms with Gasteiger partial charge in [0.2, 0.25) is 5.95 Å². The number of aromatic nitrogens is 3. The maximum Gasteiger partial charge on any atom is 0.223 e. The average molecular weight is 508 g/mol. The first kappa shape index (κ1) is 24.2. The van der Waals surface area contributed by atoms with Gasteiger partial charge in [-0.1, -0.05) is 29.8 Å². The van der Waals surface area contributed by atoms with Gasteiger partial charge in [0, 0.05) is 54.9 Å². The number of hydrogen-bond donors (Lipinski definition) is 3. The van der Waals surface area contributed by atoms with E-state index in [0.717, 1.165) is 53.5 Å². The molecule has 3 saturated heterocycles. The predicted octanol–water partition coefficient (Wildman–Crippen LogP) is 4.48. The van der Waals surface area contributed by atoms with Crippen LogP contribution in [-0.2, 0) is 0 Å². The van der Waals surface area contributed by atoms with Gasteiger partial charge in [-0.05, 0) is 76.2 Å². The van der Waals surface area contributed by atoms with Gasteiger partial charge in [-0.3, -0.25) is 0 Å². The first-order valence-corrected chi connectivity index (χ1v) is 14.1. The molecule has 192 valence electrons. The van der Waals surface area contributed by atoms with Crippen molar-refractivity contribution in [2.45, 2.75) is 38.1 Å². The molecular weight excluding hydrogens is 470 g/mol. The zero-order valence-corrected chi connectivity index (χ0v) is 21.8. The van der Waals surface area contributed by atoms with E-state index in [9.17, 15) is 0 Å². The zero-order valence-electron chi connectivity index (χ0n) is 21.1. The standard InChI is InChI=1S/C28H38ClN7/c29-25-16-32-28(34-27(25)24-15-31-26-4-2-1-3-23(24)26)33-22-9-14-36(19-22)18-21-7-12-35(13-8-21)17-20-5-10-30-11-6-20/h1-4,15-16,20-22,30-31H,5-14,17-19H2,(H,32,33,34). The summed E-state index contributed by atoms with van der Waals surface area (Å²) in [5.74, 6) is 2.39.